The lowest BCUT2D eigenvalue weighted by atomic mass is 9.74. The first-order valence-corrected chi connectivity index (χ1v) is 8.67. The van der Waals surface area contributed by atoms with Crippen LogP contribution in [-0.4, -0.2) is 47.5 Å². The second kappa shape index (κ2) is 6.49. The molecule has 0 aromatic heterocycles. The fourth-order valence-corrected chi connectivity index (χ4v) is 4.96. The number of nitrogens with zero attached hydrogens (tertiary/aromatic N) is 1. The zero-order chi connectivity index (χ0) is 13.9. The minimum Gasteiger partial charge on any atom is -0.340 e. The molecule has 0 bridgehead atoms. The fourth-order valence-electron chi connectivity index (χ4n) is 3.63. The topological polar surface area (TPSA) is 32.3 Å². The van der Waals surface area contributed by atoms with E-state index < -0.39 is 0 Å². The normalized spacial score (nSPS) is 31.2. The lowest BCUT2D eigenvalue weighted by molar-refractivity contribution is -0.144. The Bertz CT molecular complexity index is 300. The molecule has 2 heterocycles. The summed E-state index contributed by atoms with van der Waals surface area (Å²) in [5.41, 5.74) is -0.0680. The summed E-state index contributed by atoms with van der Waals surface area (Å²) in [4.78, 5) is 15.2. The minimum absolute atomic E-state index is 0.0680. The van der Waals surface area contributed by atoms with E-state index in [1.165, 1.54) is 0 Å². The molecule has 2 fully saturated rings. The monoisotopic (exact) mass is 284 g/mol. The van der Waals surface area contributed by atoms with E-state index in [-0.39, 0.29) is 5.41 Å². The summed E-state index contributed by atoms with van der Waals surface area (Å²) in [6.45, 7) is 10.6. The number of hydrogen-bond acceptors (Lipinski definition) is 3. The summed E-state index contributed by atoms with van der Waals surface area (Å²) in [6, 6.07) is 0. The molecule has 2 unspecified atom stereocenters. The van der Waals surface area contributed by atoms with E-state index in [1.54, 1.807) is 0 Å². The van der Waals surface area contributed by atoms with Crippen LogP contribution in [0.5, 0.6) is 0 Å². The molecular formula is C15H28N2OS. The number of piperidine rings is 1. The third kappa shape index (κ3) is 3.46. The Kier molecular flexibility index (Phi) is 5.18. The highest BCUT2D eigenvalue weighted by atomic mass is 32.2. The van der Waals surface area contributed by atoms with Crippen molar-refractivity contribution in [3.8, 4) is 0 Å². The van der Waals surface area contributed by atoms with Crippen molar-refractivity contribution in [2.24, 2.45) is 5.41 Å². The zero-order valence-electron chi connectivity index (χ0n) is 12.6. The molecule has 19 heavy (non-hydrogen) atoms. The van der Waals surface area contributed by atoms with Gasteiger partial charge in [0, 0.05) is 23.6 Å². The third-order valence-corrected chi connectivity index (χ3v) is 5.68. The van der Waals surface area contributed by atoms with E-state index in [0.29, 0.717) is 16.4 Å². The molecule has 4 heteroatoms. The van der Waals surface area contributed by atoms with Crippen molar-refractivity contribution >= 4 is 17.7 Å². The van der Waals surface area contributed by atoms with Gasteiger partial charge in [0.05, 0.1) is 5.41 Å². The average Bonchev–Trinajstić information content (AvgIpc) is 2.38. The molecule has 0 aromatic carbocycles. The number of nitrogens with one attached hydrogen (secondary N) is 1. The molecule has 2 aliphatic rings. The minimum atomic E-state index is -0.0680. The predicted octanol–water partition coefficient (Wildman–Crippen LogP) is 2.51. The smallest absolute Gasteiger partial charge is 0.228 e. The maximum atomic E-state index is 13.0. The van der Waals surface area contributed by atoms with Gasteiger partial charge in [0.25, 0.3) is 0 Å². The zero-order valence-corrected chi connectivity index (χ0v) is 13.4. The van der Waals surface area contributed by atoms with Crippen LogP contribution in [0.2, 0.25) is 0 Å². The Morgan fingerprint density at radius 2 is 1.84 bits per heavy atom. The Hall–Kier alpha value is -0.220. The highest BCUT2D eigenvalue weighted by Gasteiger charge is 2.42. The van der Waals surface area contributed by atoms with Crippen molar-refractivity contribution < 1.29 is 4.79 Å². The number of carbonyl (C=O) groups excluding carboxylic acids is 1. The van der Waals surface area contributed by atoms with Crippen LogP contribution in [0.1, 0.15) is 46.5 Å². The molecular weight excluding hydrogens is 256 g/mol. The second-order valence-electron chi connectivity index (χ2n) is 6.25. The standard InChI is InChI=1S/C15H28N2OS/c1-4-5-15(6-8-16-9-7-15)14(18)17-10-12(2)19-13(3)11-17/h12-13,16H,4-11H2,1-3H3. The van der Waals surface area contributed by atoms with Crippen LogP contribution in [0.15, 0.2) is 0 Å². The van der Waals surface area contributed by atoms with E-state index >= 15 is 0 Å². The number of hydrogen-bond donors (Lipinski definition) is 1. The van der Waals surface area contributed by atoms with Crippen molar-refractivity contribution in [2.45, 2.75) is 57.0 Å². The van der Waals surface area contributed by atoms with Crippen molar-refractivity contribution in [3.63, 3.8) is 0 Å². The Balaban J connectivity index is 2.10. The summed E-state index contributed by atoms with van der Waals surface area (Å²) in [5, 5.41) is 4.55. The second-order valence-corrected chi connectivity index (χ2v) is 8.13. The maximum Gasteiger partial charge on any atom is 0.228 e. The number of carbonyl (C=O) groups is 1. The van der Waals surface area contributed by atoms with Crippen LogP contribution in [0.3, 0.4) is 0 Å². The average molecular weight is 284 g/mol. The van der Waals surface area contributed by atoms with E-state index in [9.17, 15) is 4.79 Å². The molecule has 1 amide bonds. The van der Waals surface area contributed by atoms with Crippen LogP contribution in [0, 0.1) is 5.41 Å². The molecule has 0 spiro atoms. The van der Waals surface area contributed by atoms with E-state index in [2.05, 4.69) is 31.0 Å². The van der Waals surface area contributed by atoms with Crippen molar-refractivity contribution in [2.75, 3.05) is 26.2 Å². The van der Waals surface area contributed by atoms with E-state index in [4.69, 9.17) is 0 Å². The van der Waals surface area contributed by atoms with Gasteiger partial charge in [0.15, 0.2) is 0 Å². The van der Waals surface area contributed by atoms with Gasteiger partial charge in [-0.15, -0.1) is 0 Å². The highest BCUT2D eigenvalue weighted by molar-refractivity contribution is 8.00. The van der Waals surface area contributed by atoms with Crippen LogP contribution < -0.4 is 5.32 Å². The van der Waals surface area contributed by atoms with Crippen LogP contribution in [-0.2, 0) is 4.79 Å². The van der Waals surface area contributed by atoms with Gasteiger partial charge in [-0.25, -0.2) is 0 Å². The third-order valence-electron chi connectivity index (χ3n) is 4.45. The highest BCUT2D eigenvalue weighted by Crippen LogP contribution is 2.38. The first-order chi connectivity index (χ1) is 9.07. The van der Waals surface area contributed by atoms with Gasteiger partial charge in [-0.3, -0.25) is 4.79 Å². The molecule has 3 nitrogen and oxygen atoms in total. The van der Waals surface area contributed by atoms with Crippen LogP contribution in [0.4, 0.5) is 0 Å². The van der Waals surface area contributed by atoms with Gasteiger partial charge in [-0.1, -0.05) is 27.2 Å². The predicted molar refractivity (Wildman–Crippen MR) is 82.5 cm³/mol. The van der Waals surface area contributed by atoms with Gasteiger partial charge in [-0.05, 0) is 32.4 Å². The van der Waals surface area contributed by atoms with Crippen LogP contribution in [0.25, 0.3) is 0 Å². The first kappa shape index (κ1) is 15.2. The summed E-state index contributed by atoms with van der Waals surface area (Å²) >= 11 is 2.02. The van der Waals surface area contributed by atoms with Gasteiger partial charge < -0.3 is 10.2 Å². The van der Waals surface area contributed by atoms with Gasteiger partial charge >= 0.3 is 0 Å². The molecule has 2 aliphatic heterocycles. The lowest BCUT2D eigenvalue weighted by Gasteiger charge is -2.43. The molecule has 0 aromatic rings. The van der Waals surface area contributed by atoms with Crippen molar-refractivity contribution in [3.05, 3.63) is 0 Å². The largest absolute Gasteiger partial charge is 0.340 e. The summed E-state index contributed by atoms with van der Waals surface area (Å²) in [6.07, 6.45) is 4.21. The number of amides is 1. The first-order valence-electron chi connectivity index (χ1n) is 7.73. The van der Waals surface area contributed by atoms with Crippen molar-refractivity contribution in [1.29, 1.82) is 0 Å². The Labute approximate surface area is 121 Å². The summed E-state index contributed by atoms with van der Waals surface area (Å²) in [5.74, 6) is 0.440. The number of thioether (sulfide) groups is 1. The molecule has 0 saturated carbocycles. The van der Waals surface area contributed by atoms with Gasteiger partial charge in [0.2, 0.25) is 5.91 Å². The molecule has 110 valence electrons. The summed E-state index contributed by atoms with van der Waals surface area (Å²) in [7, 11) is 0. The maximum absolute atomic E-state index is 13.0. The van der Waals surface area contributed by atoms with E-state index in [0.717, 1.165) is 51.9 Å². The fraction of sp³-hybridized carbons (Fsp3) is 0.933. The van der Waals surface area contributed by atoms with Gasteiger partial charge in [0.1, 0.15) is 0 Å². The lowest BCUT2D eigenvalue weighted by Crippen LogP contribution is -2.53. The molecule has 0 radical (unpaired) electrons. The SMILES string of the molecule is CCCC1(C(=O)N2CC(C)SC(C)C2)CCNCC1. The van der Waals surface area contributed by atoms with Gasteiger partial charge in [-0.2, -0.15) is 11.8 Å². The molecule has 0 aliphatic carbocycles. The molecule has 1 N–H and O–H groups in total. The van der Waals surface area contributed by atoms with Crippen molar-refractivity contribution in [1.82, 2.24) is 10.2 Å². The molecule has 2 rings (SSSR count). The molecule has 2 atom stereocenters. The van der Waals surface area contributed by atoms with E-state index in [1.807, 2.05) is 11.8 Å². The Morgan fingerprint density at radius 1 is 1.26 bits per heavy atom. The molecule has 2 saturated heterocycles. The number of rotatable bonds is 3. The van der Waals surface area contributed by atoms with Crippen LogP contribution >= 0.6 is 11.8 Å². The summed E-state index contributed by atoms with van der Waals surface area (Å²) < 4.78 is 0. The quantitative estimate of drug-likeness (QED) is 0.864. The Morgan fingerprint density at radius 3 is 2.37 bits per heavy atom.